The molecule has 0 spiro atoms. The molecule has 1 amide bonds. The molecule has 0 unspecified atom stereocenters. The maximum Gasteiger partial charge on any atom is 0.421 e. The first-order valence-electron chi connectivity index (χ1n) is 11.4. The van der Waals surface area contributed by atoms with E-state index in [0.29, 0.717) is 25.2 Å². The summed E-state index contributed by atoms with van der Waals surface area (Å²) in [5.74, 6) is -0.255. The lowest BCUT2D eigenvalue weighted by Crippen LogP contribution is -2.43. The SMILES string of the molecule is Cc1cc(N2CCNCC2)ccc1Nc1ncc(C(F)(F)F)c(NCCCN2CC=COC2=O)n1. The molecular formula is C23H28F3N7O2. The maximum atomic E-state index is 13.5. The van der Waals surface area contributed by atoms with Crippen molar-refractivity contribution in [2.24, 2.45) is 0 Å². The van der Waals surface area contributed by atoms with E-state index in [0.717, 1.165) is 43.6 Å². The highest BCUT2D eigenvalue weighted by molar-refractivity contribution is 5.69. The Labute approximate surface area is 201 Å². The molecule has 1 saturated heterocycles. The molecule has 3 heterocycles. The summed E-state index contributed by atoms with van der Waals surface area (Å²) in [5.41, 5.74) is 1.79. The Kier molecular flexibility index (Phi) is 7.59. The van der Waals surface area contributed by atoms with Crippen molar-refractivity contribution in [3.05, 3.63) is 47.9 Å². The van der Waals surface area contributed by atoms with Gasteiger partial charge >= 0.3 is 12.3 Å². The Morgan fingerprint density at radius 1 is 1.23 bits per heavy atom. The van der Waals surface area contributed by atoms with E-state index >= 15 is 0 Å². The van der Waals surface area contributed by atoms with Crippen molar-refractivity contribution in [2.45, 2.75) is 19.5 Å². The summed E-state index contributed by atoms with van der Waals surface area (Å²) in [6.45, 7) is 6.54. The maximum absolute atomic E-state index is 13.5. The van der Waals surface area contributed by atoms with Crippen molar-refractivity contribution in [1.29, 1.82) is 0 Å². The summed E-state index contributed by atoms with van der Waals surface area (Å²) in [5, 5.41) is 9.10. The third-order valence-electron chi connectivity index (χ3n) is 5.78. The van der Waals surface area contributed by atoms with E-state index in [9.17, 15) is 18.0 Å². The third kappa shape index (κ3) is 6.32. The number of aryl methyl sites for hydroxylation is 1. The predicted octanol–water partition coefficient (Wildman–Crippen LogP) is 3.72. The van der Waals surface area contributed by atoms with Crippen LogP contribution >= 0.6 is 0 Å². The Morgan fingerprint density at radius 2 is 2.03 bits per heavy atom. The second-order valence-corrected chi connectivity index (χ2v) is 8.30. The number of ether oxygens (including phenoxy) is 1. The number of benzene rings is 1. The lowest BCUT2D eigenvalue weighted by Gasteiger charge is -2.30. The van der Waals surface area contributed by atoms with Crippen LogP contribution in [0.3, 0.4) is 0 Å². The molecule has 1 aromatic heterocycles. The zero-order chi connectivity index (χ0) is 24.8. The van der Waals surface area contributed by atoms with Gasteiger partial charge in [-0.05, 0) is 43.2 Å². The van der Waals surface area contributed by atoms with Crippen LogP contribution in [0, 0.1) is 6.92 Å². The standard InChI is InChI=1S/C23H28F3N7O2/c1-16-14-17(32-11-7-27-8-12-32)4-5-19(16)30-21-29-15-18(23(24,25)26)20(31-21)28-6-2-9-33-10-3-13-35-22(33)34/h3-5,13-15,27H,2,6-12H2,1H3,(H2,28,29,30,31). The molecule has 0 aliphatic carbocycles. The lowest BCUT2D eigenvalue weighted by molar-refractivity contribution is -0.137. The van der Waals surface area contributed by atoms with Crippen LogP contribution in [0.4, 0.5) is 41.1 Å². The minimum atomic E-state index is -4.61. The van der Waals surface area contributed by atoms with Gasteiger partial charge in [0.25, 0.3) is 0 Å². The summed E-state index contributed by atoms with van der Waals surface area (Å²) in [6.07, 6.45) is -0.882. The molecule has 2 aliphatic rings. The number of alkyl halides is 3. The third-order valence-corrected chi connectivity index (χ3v) is 5.78. The molecule has 0 atom stereocenters. The molecule has 35 heavy (non-hydrogen) atoms. The fourth-order valence-corrected chi connectivity index (χ4v) is 3.90. The molecule has 0 bridgehead atoms. The first-order chi connectivity index (χ1) is 16.8. The quantitative estimate of drug-likeness (QED) is 0.481. The highest BCUT2D eigenvalue weighted by atomic mass is 19.4. The van der Waals surface area contributed by atoms with E-state index in [1.165, 1.54) is 11.2 Å². The highest BCUT2D eigenvalue weighted by Gasteiger charge is 2.35. The van der Waals surface area contributed by atoms with Crippen LogP contribution in [-0.2, 0) is 10.9 Å². The van der Waals surface area contributed by atoms with Gasteiger partial charge in [-0.3, -0.25) is 0 Å². The molecule has 2 aromatic rings. The fraction of sp³-hybridized carbons (Fsp3) is 0.435. The summed E-state index contributed by atoms with van der Waals surface area (Å²) >= 11 is 0. The lowest BCUT2D eigenvalue weighted by atomic mass is 10.1. The molecule has 4 rings (SSSR count). The molecule has 0 saturated carbocycles. The van der Waals surface area contributed by atoms with E-state index in [-0.39, 0.29) is 18.3 Å². The van der Waals surface area contributed by atoms with Crippen LogP contribution in [0.5, 0.6) is 0 Å². The van der Waals surface area contributed by atoms with Gasteiger partial charge in [-0.15, -0.1) is 0 Å². The number of anilines is 4. The van der Waals surface area contributed by atoms with E-state index < -0.39 is 17.8 Å². The van der Waals surface area contributed by atoms with Crippen LogP contribution in [0.2, 0.25) is 0 Å². The van der Waals surface area contributed by atoms with Crippen LogP contribution in [-0.4, -0.2) is 66.8 Å². The summed E-state index contributed by atoms with van der Waals surface area (Å²) in [7, 11) is 0. The van der Waals surface area contributed by atoms with Crippen molar-refractivity contribution in [3.8, 4) is 0 Å². The number of cyclic esters (lactones) is 1. The summed E-state index contributed by atoms with van der Waals surface area (Å²) in [4.78, 5) is 23.4. The van der Waals surface area contributed by atoms with Crippen LogP contribution < -0.4 is 20.9 Å². The number of hydrogen-bond acceptors (Lipinski definition) is 8. The molecule has 188 valence electrons. The number of aromatic nitrogens is 2. The van der Waals surface area contributed by atoms with Crippen molar-refractivity contribution in [1.82, 2.24) is 20.2 Å². The Balaban J connectivity index is 1.43. The highest BCUT2D eigenvalue weighted by Crippen LogP contribution is 2.34. The molecule has 9 nitrogen and oxygen atoms in total. The summed E-state index contributed by atoms with van der Waals surface area (Å²) < 4.78 is 45.3. The fourth-order valence-electron chi connectivity index (χ4n) is 3.90. The van der Waals surface area contributed by atoms with Gasteiger partial charge in [0.05, 0.1) is 6.26 Å². The van der Waals surface area contributed by atoms with Crippen LogP contribution in [0.1, 0.15) is 17.5 Å². The number of piperazine rings is 1. The first kappa shape index (κ1) is 24.6. The van der Waals surface area contributed by atoms with Crippen molar-refractivity contribution in [2.75, 3.05) is 61.3 Å². The number of nitrogens with zero attached hydrogens (tertiary/aromatic N) is 4. The largest absolute Gasteiger partial charge is 0.421 e. The van der Waals surface area contributed by atoms with Crippen LogP contribution in [0.25, 0.3) is 0 Å². The Bertz CT molecular complexity index is 1070. The monoisotopic (exact) mass is 491 g/mol. The van der Waals surface area contributed by atoms with Gasteiger partial charge in [0, 0.05) is 63.4 Å². The van der Waals surface area contributed by atoms with Gasteiger partial charge in [0.15, 0.2) is 0 Å². The van der Waals surface area contributed by atoms with E-state index in [1.807, 2.05) is 25.1 Å². The van der Waals surface area contributed by atoms with Crippen molar-refractivity contribution in [3.63, 3.8) is 0 Å². The summed E-state index contributed by atoms with van der Waals surface area (Å²) in [6, 6.07) is 5.90. The smallest absolute Gasteiger partial charge is 0.418 e. The zero-order valence-electron chi connectivity index (χ0n) is 19.4. The molecule has 3 N–H and O–H groups in total. The molecule has 12 heteroatoms. The van der Waals surface area contributed by atoms with Gasteiger partial charge in [0.2, 0.25) is 5.95 Å². The van der Waals surface area contributed by atoms with E-state index in [4.69, 9.17) is 4.74 Å². The number of amides is 1. The average Bonchev–Trinajstić information content (AvgIpc) is 2.84. The number of rotatable bonds is 8. The second kappa shape index (κ2) is 10.8. The van der Waals surface area contributed by atoms with Gasteiger partial charge < -0.3 is 30.5 Å². The molecule has 2 aliphatic heterocycles. The number of carbonyl (C=O) groups excluding carboxylic acids is 1. The van der Waals surface area contributed by atoms with E-state index in [1.54, 1.807) is 6.08 Å². The number of halogens is 3. The Hall–Kier alpha value is -3.54. The van der Waals surface area contributed by atoms with Crippen LogP contribution in [0.15, 0.2) is 36.7 Å². The van der Waals surface area contributed by atoms with Gasteiger partial charge in [-0.1, -0.05) is 0 Å². The second-order valence-electron chi connectivity index (χ2n) is 8.30. The molecule has 1 fully saturated rings. The molecule has 1 aromatic carbocycles. The predicted molar refractivity (Wildman–Crippen MR) is 127 cm³/mol. The van der Waals surface area contributed by atoms with Crippen molar-refractivity contribution >= 4 is 29.2 Å². The van der Waals surface area contributed by atoms with Crippen molar-refractivity contribution < 1.29 is 22.7 Å². The zero-order valence-corrected chi connectivity index (χ0v) is 19.4. The minimum Gasteiger partial charge on any atom is -0.418 e. The van der Waals surface area contributed by atoms with Gasteiger partial charge in [-0.2, -0.15) is 18.2 Å². The number of nitrogens with one attached hydrogen (secondary N) is 3. The van der Waals surface area contributed by atoms with E-state index in [2.05, 4.69) is 30.8 Å². The van der Waals surface area contributed by atoms with Gasteiger partial charge in [0.1, 0.15) is 11.4 Å². The molecule has 0 radical (unpaired) electrons. The Morgan fingerprint density at radius 3 is 2.74 bits per heavy atom. The minimum absolute atomic E-state index is 0.0586. The average molecular weight is 492 g/mol. The number of carbonyl (C=O) groups is 1. The molecular weight excluding hydrogens is 463 g/mol. The first-order valence-corrected chi connectivity index (χ1v) is 11.4. The normalized spacial score (nSPS) is 16.3. The topological polar surface area (TPSA) is 94.6 Å². The number of hydrogen-bond donors (Lipinski definition) is 3. The van der Waals surface area contributed by atoms with Gasteiger partial charge in [-0.25, -0.2) is 9.78 Å².